The summed E-state index contributed by atoms with van der Waals surface area (Å²) in [5, 5.41) is 20.4. The largest absolute Gasteiger partial charge is 0.478 e. The number of benzene rings is 1. The number of rotatable bonds is 7. The summed E-state index contributed by atoms with van der Waals surface area (Å²) in [5.74, 6) is -0.0386. The van der Waals surface area contributed by atoms with E-state index in [1.165, 1.54) is 6.92 Å². The van der Waals surface area contributed by atoms with Gasteiger partial charge in [-0.3, -0.25) is 0 Å². The number of nitrogen functional groups attached to an aromatic ring is 1. The average Bonchev–Trinajstić information content (AvgIpc) is 2.97. The van der Waals surface area contributed by atoms with Crippen molar-refractivity contribution in [2.75, 3.05) is 12.3 Å². The first-order valence-electron chi connectivity index (χ1n) is 9.40. The van der Waals surface area contributed by atoms with E-state index >= 15 is 0 Å². The van der Waals surface area contributed by atoms with Gasteiger partial charge in [0.25, 0.3) is 0 Å². The molecule has 0 saturated heterocycles. The lowest BCUT2D eigenvalue weighted by molar-refractivity contribution is -0.132. The van der Waals surface area contributed by atoms with Crippen LogP contribution in [0.5, 0.6) is 0 Å². The zero-order valence-corrected chi connectivity index (χ0v) is 17.1. The molecule has 8 heteroatoms. The summed E-state index contributed by atoms with van der Waals surface area (Å²) in [4.78, 5) is 20.2. The van der Waals surface area contributed by atoms with E-state index in [2.05, 4.69) is 9.97 Å². The third-order valence-electron chi connectivity index (χ3n) is 4.51. The monoisotopic (exact) mass is 398 g/mol. The van der Waals surface area contributed by atoms with Crippen LogP contribution in [-0.2, 0) is 22.7 Å². The molecule has 3 rings (SSSR count). The lowest BCUT2D eigenvalue weighted by Gasteiger charge is -2.20. The minimum Gasteiger partial charge on any atom is -0.478 e. The Bertz CT molecular complexity index is 1110. The molecule has 2 heterocycles. The van der Waals surface area contributed by atoms with Crippen molar-refractivity contribution in [2.45, 2.75) is 46.4 Å². The SMILES string of the molecule is CCOCc1nc2c(N)nc3cc(C=C(C)C(=O)O)ccc3c2n1CC(C)(C)O. The number of hydrogen-bond donors (Lipinski definition) is 3. The lowest BCUT2D eigenvalue weighted by atomic mass is 10.1. The number of imidazole rings is 1. The first-order valence-corrected chi connectivity index (χ1v) is 9.40. The summed E-state index contributed by atoms with van der Waals surface area (Å²) < 4.78 is 7.47. The normalized spacial score (nSPS) is 12.8. The Morgan fingerprint density at radius 2 is 2.07 bits per heavy atom. The van der Waals surface area contributed by atoms with E-state index in [0.717, 1.165) is 10.9 Å². The fourth-order valence-corrected chi connectivity index (χ4v) is 3.24. The second kappa shape index (κ2) is 7.81. The van der Waals surface area contributed by atoms with Gasteiger partial charge in [0.15, 0.2) is 5.82 Å². The summed E-state index contributed by atoms with van der Waals surface area (Å²) in [6.45, 7) is 8.05. The van der Waals surface area contributed by atoms with E-state index in [4.69, 9.17) is 15.6 Å². The lowest BCUT2D eigenvalue weighted by Crippen LogP contribution is -2.27. The van der Waals surface area contributed by atoms with Crippen LogP contribution in [0.25, 0.3) is 28.0 Å². The number of ether oxygens (including phenoxy) is 1. The van der Waals surface area contributed by atoms with Crippen molar-refractivity contribution in [3.8, 4) is 0 Å². The van der Waals surface area contributed by atoms with E-state index in [0.29, 0.717) is 42.2 Å². The number of aliphatic carboxylic acids is 1. The van der Waals surface area contributed by atoms with Gasteiger partial charge in [0.2, 0.25) is 0 Å². The van der Waals surface area contributed by atoms with Crippen molar-refractivity contribution in [3.05, 3.63) is 35.2 Å². The van der Waals surface area contributed by atoms with Gasteiger partial charge in [-0.05, 0) is 45.4 Å². The van der Waals surface area contributed by atoms with Crippen molar-refractivity contribution in [3.63, 3.8) is 0 Å². The van der Waals surface area contributed by atoms with Gasteiger partial charge in [-0.1, -0.05) is 12.1 Å². The van der Waals surface area contributed by atoms with Crippen LogP contribution in [-0.4, -0.2) is 42.9 Å². The van der Waals surface area contributed by atoms with E-state index in [1.807, 2.05) is 23.6 Å². The average molecular weight is 398 g/mol. The summed E-state index contributed by atoms with van der Waals surface area (Å²) >= 11 is 0. The number of fused-ring (bicyclic) bond motifs is 3. The van der Waals surface area contributed by atoms with Gasteiger partial charge in [-0.25, -0.2) is 14.8 Å². The molecule has 1 aromatic carbocycles. The van der Waals surface area contributed by atoms with Gasteiger partial charge in [0.1, 0.15) is 17.9 Å². The minimum absolute atomic E-state index is 0.226. The quantitative estimate of drug-likeness (QED) is 0.523. The van der Waals surface area contributed by atoms with Crippen LogP contribution in [0, 0.1) is 0 Å². The Balaban J connectivity index is 2.27. The van der Waals surface area contributed by atoms with E-state index in [-0.39, 0.29) is 11.4 Å². The van der Waals surface area contributed by atoms with Crippen molar-refractivity contribution in [1.82, 2.24) is 14.5 Å². The molecule has 8 nitrogen and oxygen atoms in total. The van der Waals surface area contributed by atoms with Crippen molar-refractivity contribution in [1.29, 1.82) is 0 Å². The summed E-state index contributed by atoms with van der Waals surface area (Å²) in [6.07, 6.45) is 1.58. The molecule has 0 amide bonds. The zero-order chi connectivity index (χ0) is 21.3. The highest BCUT2D eigenvalue weighted by atomic mass is 16.5. The Labute approximate surface area is 168 Å². The molecular formula is C21H26N4O4. The van der Waals surface area contributed by atoms with E-state index in [9.17, 15) is 9.90 Å². The molecule has 0 unspecified atom stereocenters. The maximum atomic E-state index is 11.1. The van der Waals surface area contributed by atoms with Gasteiger partial charge in [0.05, 0.1) is 23.2 Å². The van der Waals surface area contributed by atoms with Crippen LogP contribution in [0.2, 0.25) is 0 Å². The molecule has 0 aliphatic rings. The smallest absolute Gasteiger partial charge is 0.331 e. The number of pyridine rings is 1. The Morgan fingerprint density at radius 1 is 1.34 bits per heavy atom. The van der Waals surface area contributed by atoms with Crippen LogP contribution in [0.4, 0.5) is 5.82 Å². The molecule has 0 bridgehead atoms. The first kappa shape index (κ1) is 20.8. The number of carboxylic acid groups (broad SMARTS) is 1. The molecule has 0 atom stereocenters. The predicted molar refractivity (Wildman–Crippen MR) is 112 cm³/mol. The standard InChI is InChI=1S/C21H26N4O4/c1-5-29-10-16-24-17-18(25(16)11-21(3,4)28)14-7-6-13(8-12(2)20(26)27)9-15(14)23-19(17)22/h6-9,28H,5,10-11H2,1-4H3,(H2,22,23)(H,26,27). The Morgan fingerprint density at radius 3 is 2.69 bits per heavy atom. The number of nitrogens with two attached hydrogens (primary N) is 1. The number of aliphatic hydroxyl groups is 1. The van der Waals surface area contributed by atoms with Crippen molar-refractivity contribution < 1.29 is 19.7 Å². The third kappa shape index (κ3) is 4.38. The molecular weight excluding hydrogens is 372 g/mol. The fraction of sp³-hybridized carbons (Fsp3) is 0.381. The van der Waals surface area contributed by atoms with Gasteiger partial charge >= 0.3 is 5.97 Å². The number of anilines is 1. The van der Waals surface area contributed by atoms with Gasteiger partial charge in [-0.2, -0.15) is 0 Å². The predicted octanol–water partition coefficient (Wildman–Crippen LogP) is 2.96. The minimum atomic E-state index is -0.975. The highest BCUT2D eigenvalue weighted by molar-refractivity contribution is 6.07. The molecule has 0 aliphatic heterocycles. The molecule has 3 aromatic rings. The zero-order valence-electron chi connectivity index (χ0n) is 17.1. The second-order valence-corrected chi connectivity index (χ2v) is 7.67. The highest BCUT2D eigenvalue weighted by Crippen LogP contribution is 2.31. The maximum Gasteiger partial charge on any atom is 0.331 e. The summed E-state index contributed by atoms with van der Waals surface area (Å²) in [5.41, 5.74) is 8.12. The Kier molecular flexibility index (Phi) is 5.59. The molecule has 0 radical (unpaired) electrons. The van der Waals surface area contributed by atoms with Crippen LogP contribution >= 0.6 is 0 Å². The number of aromatic nitrogens is 3. The maximum absolute atomic E-state index is 11.1. The van der Waals surface area contributed by atoms with Gasteiger partial charge in [0, 0.05) is 17.6 Å². The van der Waals surface area contributed by atoms with E-state index < -0.39 is 11.6 Å². The van der Waals surface area contributed by atoms with Crippen LogP contribution < -0.4 is 5.73 Å². The Hall–Kier alpha value is -2.97. The number of carboxylic acids is 1. The molecule has 0 spiro atoms. The van der Waals surface area contributed by atoms with E-state index in [1.54, 1.807) is 26.0 Å². The molecule has 154 valence electrons. The molecule has 29 heavy (non-hydrogen) atoms. The first-order chi connectivity index (χ1) is 13.6. The summed E-state index contributed by atoms with van der Waals surface area (Å²) in [7, 11) is 0. The molecule has 2 aromatic heterocycles. The third-order valence-corrected chi connectivity index (χ3v) is 4.51. The molecule has 0 fully saturated rings. The number of nitrogens with zero attached hydrogens (tertiary/aromatic N) is 3. The van der Waals surface area contributed by atoms with Crippen molar-refractivity contribution in [2.24, 2.45) is 0 Å². The number of carbonyl (C=O) groups is 1. The van der Waals surface area contributed by atoms with Crippen LogP contribution in [0.1, 0.15) is 39.1 Å². The van der Waals surface area contributed by atoms with Crippen LogP contribution in [0.3, 0.4) is 0 Å². The summed E-state index contributed by atoms with van der Waals surface area (Å²) in [6, 6.07) is 5.50. The van der Waals surface area contributed by atoms with Gasteiger partial charge < -0.3 is 25.3 Å². The van der Waals surface area contributed by atoms with Crippen molar-refractivity contribution >= 4 is 39.8 Å². The topological polar surface area (TPSA) is 123 Å². The highest BCUT2D eigenvalue weighted by Gasteiger charge is 2.22. The molecule has 4 N–H and O–H groups in total. The van der Waals surface area contributed by atoms with Crippen LogP contribution in [0.15, 0.2) is 23.8 Å². The second-order valence-electron chi connectivity index (χ2n) is 7.67. The molecule has 0 aliphatic carbocycles. The number of hydrogen-bond acceptors (Lipinski definition) is 6. The van der Waals surface area contributed by atoms with Gasteiger partial charge in [-0.15, -0.1) is 0 Å². The molecule has 0 saturated carbocycles. The fourth-order valence-electron chi connectivity index (χ4n) is 3.24.